The Kier molecular flexibility index (Phi) is 7.35. The standard InChI is InChI=1S/C31H29N7O2S2/c39-26(16-19-7-1-5-18-6-3-11-23(18)19)33-30-37-35-28(41-30)21-9-2-10-22(15-21)29-36-38-31(42-29)34-27(40)17-20-8-4-12-25-24(20)13-14-32-25/h1,3-5,7-8,11-14,21-22,32H,2,6,9-10,15-17H2,(H,33,37,39)(H,34,38,40)/t21-,22+/m1/s1. The van der Waals surface area contributed by atoms with Crippen LogP contribution in [0.3, 0.4) is 0 Å². The van der Waals surface area contributed by atoms with E-state index in [0.29, 0.717) is 16.7 Å². The summed E-state index contributed by atoms with van der Waals surface area (Å²) in [4.78, 5) is 28.7. The Bertz CT molecular complexity index is 1800. The molecule has 0 aliphatic heterocycles. The van der Waals surface area contributed by atoms with E-state index in [1.54, 1.807) is 0 Å². The molecule has 2 aliphatic carbocycles. The van der Waals surface area contributed by atoms with E-state index in [-0.39, 0.29) is 30.1 Å². The number of hydrogen-bond donors (Lipinski definition) is 3. The van der Waals surface area contributed by atoms with Gasteiger partial charge in [-0.05, 0) is 60.1 Å². The normalized spacial score (nSPS) is 17.8. The fourth-order valence-corrected chi connectivity index (χ4v) is 7.85. The second-order valence-electron chi connectivity index (χ2n) is 10.9. The van der Waals surface area contributed by atoms with Crippen molar-refractivity contribution in [2.45, 2.75) is 56.8 Å². The highest BCUT2D eigenvalue weighted by Crippen LogP contribution is 2.43. The summed E-state index contributed by atoms with van der Waals surface area (Å²) in [6.45, 7) is 0. The largest absolute Gasteiger partial charge is 0.361 e. The maximum Gasteiger partial charge on any atom is 0.230 e. The molecule has 2 amide bonds. The number of amides is 2. The lowest BCUT2D eigenvalue weighted by molar-refractivity contribution is -0.116. The van der Waals surface area contributed by atoms with E-state index >= 15 is 0 Å². The minimum Gasteiger partial charge on any atom is -0.361 e. The molecule has 212 valence electrons. The number of allylic oxidation sites excluding steroid dienone is 1. The molecule has 0 saturated heterocycles. The summed E-state index contributed by atoms with van der Waals surface area (Å²) in [5, 5.41) is 27.3. The summed E-state index contributed by atoms with van der Waals surface area (Å²) in [5.74, 6) is 0.305. The molecule has 9 nitrogen and oxygen atoms in total. The lowest BCUT2D eigenvalue weighted by atomic mass is 9.82. The Morgan fingerprint density at radius 1 is 0.833 bits per heavy atom. The fraction of sp³-hybridized carbons (Fsp3) is 0.290. The highest BCUT2D eigenvalue weighted by atomic mass is 32.1. The molecule has 3 aromatic heterocycles. The number of H-pyrrole nitrogens is 1. The Morgan fingerprint density at radius 2 is 1.50 bits per heavy atom. The zero-order valence-electron chi connectivity index (χ0n) is 22.8. The van der Waals surface area contributed by atoms with Gasteiger partial charge in [-0.3, -0.25) is 9.59 Å². The van der Waals surface area contributed by atoms with E-state index in [9.17, 15) is 9.59 Å². The number of anilines is 2. The van der Waals surface area contributed by atoms with Crippen LogP contribution in [0.2, 0.25) is 0 Å². The number of fused-ring (bicyclic) bond motifs is 2. The second kappa shape index (κ2) is 11.6. The highest BCUT2D eigenvalue weighted by Gasteiger charge is 2.29. The number of carbonyl (C=O) groups is 2. The van der Waals surface area contributed by atoms with Crippen molar-refractivity contribution in [2.75, 3.05) is 10.6 Å². The van der Waals surface area contributed by atoms with Gasteiger partial charge in [0.2, 0.25) is 22.1 Å². The van der Waals surface area contributed by atoms with E-state index < -0.39 is 0 Å². The lowest BCUT2D eigenvalue weighted by Gasteiger charge is -2.25. The van der Waals surface area contributed by atoms with Gasteiger partial charge < -0.3 is 15.6 Å². The van der Waals surface area contributed by atoms with E-state index in [2.05, 4.69) is 54.2 Å². The molecule has 1 saturated carbocycles. The predicted molar refractivity (Wildman–Crippen MR) is 166 cm³/mol. The topological polar surface area (TPSA) is 126 Å². The summed E-state index contributed by atoms with van der Waals surface area (Å²) >= 11 is 2.91. The van der Waals surface area contributed by atoms with Crippen LogP contribution in [0, 0.1) is 0 Å². The number of carbonyl (C=O) groups excluding carboxylic acids is 2. The van der Waals surface area contributed by atoms with Gasteiger partial charge in [0.05, 0.1) is 12.8 Å². The number of nitrogens with one attached hydrogen (secondary N) is 3. The molecule has 2 atom stereocenters. The molecule has 7 rings (SSSR count). The first-order valence-electron chi connectivity index (χ1n) is 14.2. The van der Waals surface area contributed by atoms with Gasteiger partial charge in [-0.15, -0.1) is 20.4 Å². The van der Waals surface area contributed by atoms with Crippen LogP contribution in [-0.4, -0.2) is 37.2 Å². The zero-order chi connectivity index (χ0) is 28.5. The average Bonchev–Trinajstić information content (AvgIpc) is 3.81. The number of aromatic nitrogens is 5. The Morgan fingerprint density at radius 3 is 2.24 bits per heavy atom. The molecule has 11 heteroatoms. The summed E-state index contributed by atoms with van der Waals surface area (Å²) in [6, 6.07) is 14.0. The van der Waals surface area contributed by atoms with Crippen LogP contribution in [0.5, 0.6) is 0 Å². The average molecular weight is 596 g/mol. The van der Waals surface area contributed by atoms with Gasteiger partial charge in [0.1, 0.15) is 10.0 Å². The van der Waals surface area contributed by atoms with E-state index in [1.807, 2.05) is 42.6 Å². The third-order valence-corrected chi connectivity index (χ3v) is 10.0. The van der Waals surface area contributed by atoms with Crippen molar-refractivity contribution in [2.24, 2.45) is 0 Å². The maximum atomic E-state index is 12.8. The summed E-state index contributed by atoms with van der Waals surface area (Å²) in [6.07, 6.45) is 11.6. The monoisotopic (exact) mass is 595 g/mol. The fourth-order valence-electron chi connectivity index (χ4n) is 6.03. The van der Waals surface area contributed by atoms with Crippen LogP contribution in [-0.2, 0) is 28.9 Å². The van der Waals surface area contributed by atoms with Crippen LogP contribution in [0.25, 0.3) is 17.0 Å². The Hall–Kier alpha value is -4.22. The summed E-state index contributed by atoms with van der Waals surface area (Å²) < 4.78 is 0. The SMILES string of the molecule is O=C(Cc1cccc2c1C=CC2)Nc1nnc([C@@H]2CCC[C@H](c3nnc(NC(=O)Cc4cccc5[nH]ccc45)s3)C2)s1. The number of aromatic amines is 1. The smallest absolute Gasteiger partial charge is 0.230 e. The van der Waals surface area contributed by atoms with Crippen molar-refractivity contribution in [1.82, 2.24) is 25.4 Å². The lowest BCUT2D eigenvalue weighted by Crippen LogP contribution is -2.15. The van der Waals surface area contributed by atoms with Gasteiger partial charge in [0.25, 0.3) is 0 Å². The second-order valence-corrected chi connectivity index (χ2v) is 12.9. The van der Waals surface area contributed by atoms with Gasteiger partial charge in [0, 0.05) is 28.9 Å². The van der Waals surface area contributed by atoms with Gasteiger partial charge in [-0.25, -0.2) is 0 Å². The highest BCUT2D eigenvalue weighted by molar-refractivity contribution is 7.15. The molecule has 42 heavy (non-hydrogen) atoms. The first-order valence-corrected chi connectivity index (χ1v) is 15.8. The van der Waals surface area contributed by atoms with Crippen molar-refractivity contribution in [1.29, 1.82) is 0 Å². The first kappa shape index (κ1) is 26.7. The third-order valence-electron chi connectivity index (χ3n) is 8.04. The first-order chi connectivity index (χ1) is 20.6. The number of benzene rings is 2. The number of hydrogen-bond acceptors (Lipinski definition) is 8. The van der Waals surface area contributed by atoms with Crippen molar-refractivity contribution in [3.63, 3.8) is 0 Å². The molecule has 2 aliphatic rings. The molecule has 0 spiro atoms. The Labute approximate surface area is 250 Å². The van der Waals surface area contributed by atoms with Gasteiger partial charge in [-0.2, -0.15) is 0 Å². The van der Waals surface area contributed by atoms with Gasteiger partial charge in [0.15, 0.2) is 0 Å². The van der Waals surface area contributed by atoms with Gasteiger partial charge >= 0.3 is 0 Å². The number of nitrogens with zero attached hydrogens (tertiary/aromatic N) is 4. The van der Waals surface area contributed by atoms with E-state index in [1.165, 1.54) is 28.2 Å². The quantitative estimate of drug-likeness (QED) is 0.195. The van der Waals surface area contributed by atoms with Crippen molar-refractivity contribution >= 4 is 61.7 Å². The molecule has 2 aromatic carbocycles. The zero-order valence-corrected chi connectivity index (χ0v) is 24.4. The van der Waals surface area contributed by atoms with Crippen LogP contribution < -0.4 is 10.6 Å². The third kappa shape index (κ3) is 5.62. The summed E-state index contributed by atoms with van der Waals surface area (Å²) in [5.41, 5.74) is 5.44. The molecule has 0 unspecified atom stereocenters. The van der Waals surface area contributed by atoms with Gasteiger partial charge in [-0.1, -0.05) is 71.6 Å². The number of rotatable bonds is 8. The van der Waals surface area contributed by atoms with Crippen LogP contribution in [0.4, 0.5) is 10.3 Å². The molecule has 5 aromatic rings. The van der Waals surface area contributed by atoms with Crippen LogP contribution in [0.15, 0.2) is 54.7 Å². The van der Waals surface area contributed by atoms with E-state index in [4.69, 9.17) is 0 Å². The maximum absolute atomic E-state index is 12.8. The molecular weight excluding hydrogens is 567 g/mol. The molecule has 3 heterocycles. The van der Waals surface area contributed by atoms with Crippen molar-refractivity contribution < 1.29 is 9.59 Å². The van der Waals surface area contributed by atoms with Crippen LogP contribution in [0.1, 0.15) is 69.8 Å². The molecule has 0 radical (unpaired) electrons. The molecular formula is C31H29N7O2S2. The van der Waals surface area contributed by atoms with Crippen molar-refractivity contribution in [3.8, 4) is 0 Å². The summed E-state index contributed by atoms with van der Waals surface area (Å²) in [7, 11) is 0. The predicted octanol–water partition coefficient (Wildman–Crippen LogP) is 6.24. The van der Waals surface area contributed by atoms with Crippen LogP contribution >= 0.6 is 22.7 Å². The Balaban J connectivity index is 0.950. The molecule has 0 bridgehead atoms. The molecule has 1 fully saturated rings. The van der Waals surface area contributed by atoms with E-state index in [0.717, 1.165) is 69.7 Å². The minimum absolute atomic E-state index is 0.0823. The molecule has 3 N–H and O–H groups in total. The van der Waals surface area contributed by atoms with Crippen molar-refractivity contribution in [3.05, 3.63) is 87.0 Å². The minimum atomic E-state index is -0.107.